The summed E-state index contributed by atoms with van der Waals surface area (Å²) in [5.41, 5.74) is 0. The van der Waals surface area contributed by atoms with Crippen LogP contribution in [0.5, 0.6) is 0 Å². The molecule has 0 radical (unpaired) electrons. The number of carboxylic acids is 1. The van der Waals surface area contributed by atoms with Gasteiger partial charge in [0, 0.05) is 6.42 Å². The Labute approximate surface area is 85.5 Å². The Morgan fingerprint density at radius 2 is 1.71 bits per heavy atom. The van der Waals surface area contributed by atoms with Gasteiger partial charge in [-0.3, -0.25) is 9.59 Å². The van der Waals surface area contributed by atoms with E-state index in [-0.39, 0.29) is 5.78 Å². The summed E-state index contributed by atoms with van der Waals surface area (Å²) in [4.78, 5) is 22.3. The third-order valence-corrected chi connectivity index (χ3v) is 2.31. The fraction of sp³-hybridized carbons (Fsp3) is 0.818. The van der Waals surface area contributed by atoms with Crippen LogP contribution in [0.2, 0.25) is 0 Å². The van der Waals surface area contributed by atoms with E-state index in [9.17, 15) is 9.59 Å². The Morgan fingerprint density at radius 3 is 2.14 bits per heavy atom. The van der Waals surface area contributed by atoms with Crippen molar-refractivity contribution in [2.45, 2.75) is 52.4 Å². The number of hydrogen-bond acceptors (Lipinski definition) is 2. The molecular formula is C11H20O3. The SMILES string of the molecule is CCCCC(=O)C(CCCC)C(=O)O. The molecule has 0 aromatic carbocycles. The molecule has 0 amide bonds. The lowest BCUT2D eigenvalue weighted by Crippen LogP contribution is -2.23. The van der Waals surface area contributed by atoms with Crippen LogP contribution in [0.15, 0.2) is 0 Å². The number of unbranched alkanes of at least 4 members (excludes halogenated alkanes) is 2. The summed E-state index contributed by atoms with van der Waals surface area (Å²) < 4.78 is 0. The van der Waals surface area contributed by atoms with Gasteiger partial charge in [-0.25, -0.2) is 0 Å². The highest BCUT2D eigenvalue weighted by Gasteiger charge is 2.24. The molecule has 0 aliphatic carbocycles. The summed E-state index contributed by atoms with van der Waals surface area (Å²) >= 11 is 0. The van der Waals surface area contributed by atoms with Crippen LogP contribution in [0.3, 0.4) is 0 Å². The molecular weight excluding hydrogens is 180 g/mol. The van der Waals surface area contributed by atoms with Crippen molar-refractivity contribution < 1.29 is 14.7 Å². The van der Waals surface area contributed by atoms with E-state index in [1.807, 2.05) is 13.8 Å². The van der Waals surface area contributed by atoms with E-state index in [1.54, 1.807) is 0 Å². The van der Waals surface area contributed by atoms with Crippen molar-refractivity contribution in [3.8, 4) is 0 Å². The molecule has 0 saturated carbocycles. The average Bonchev–Trinajstić information content (AvgIpc) is 2.14. The van der Waals surface area contributed by atoms with Gasteiger partial charge in [0.15, 0.2) is 0 Å². The minimum atomic E-state index is -0.959. The van der Waals surface area contributed by atoms with E-state index < -0.39 is 11.9 Å². The van der Waals surface area contributed by atoms with Crippen LogP contribution in [0.25, 0.3) is 0 Å². The lowest BCUT2D eigenvalue weighted by molar-refractivity contribution is -0.146. The normalized spacial score (nSPS) is 12.4. The molecule has 0 aliphatic rings. The highest BCUT2D eigenvalue weighted by molar-refractivity contribution is 5.98. The number of Topliss-reactive ketones (excluding diaryl/α,β-unsaturated/α-hetero) is 1. The van der Waals surface area contributed by atoms with Gasteiger partial charge in [0.1, 0.15) is 11.7 Å². The Bertz CT molecular complexity index is 187. The maximum Gasteiger partial charge on any atom is 0.314 e. The smallest absolute Gasteiger partial charge is 0.314 e. The molecule has 3 heteroatoms. The van der Waals surface area contributed by atoms with E-state index in [2.05, 4.69) is 0 Å². The van der Waals surface area contributed by atoms with Crippen molar-refractivity contribution in [1.29, 1.82) is 0 Å². The number of carbonyl (C=O) groups excluding carboxylic acids is 1. The molecule has 0 fully saturated rings. The van der Waals surface area contributed by atoms with Crippen molar-refractivity contribution in [3.05, 3.63) is 0 Å². The third kappa shape index (κ3) is 5.00. The standard InChI is InChI=1S/C11H20O3/c1-3-5-7-9(11(13)14)10(12)8-6-4-2/h9H,3-8H2,1-2H3,(H,13,14). The summed E-state index contributed by atoms with van der Waals surface area (Å²) in [6.45, 7) is 3.99. The molecule has 1 atom stereocenters. The maximum absolute atomic E-state index is 11.5. The average molecular weight is 200 g/mol. The molecule has 1 N–H and O–H groups in total. The van der Waals surface area contributed by atoms with E-state index in [1.165, 1.54) is 0 Å². The Hall–Kier alpha value is -0.860. The zero-order valence-corrected chi connectivity index (χ0v) is 9.08. The van der Waals surface area contributed by atoms with Crippen LogP contribution in [0.1, 0.15) is 52.4 Å². The summed E-state index contributed by atoms with van der Waals surface area (Å²) in [7, 11) is 0. The molecule has 0 heterocycles. The van der Waals surface area contributed by atoms with Crippen LogP contribution in [0, 0.1) is 5.92 Å². The molecule has 14 heavy (non-hydrogen) atoms. The second kappa shape index (κ2) is 7.54. The second-order valence-corrected chi connectivity index (χ2v) is 3.60. The molecule has 0 bridgehead atoms. The number of hydrogen-bond donors (Lipinski definition) is 1. The summed E-state index contributed by atoms with van der Waals surface area (Å²) in [5, 5.41) is 8.85. The zero-order chi connectivity index (χ0) is 11.0. The first-order valence-electron chi connectivity index (χ1n) is 5.39. The van der Waals surface area contributed by atoms with Gasteiger partial charge >= 0.3 is 5.97 Å². The van der Waals surface area contributed by atoms with Gasteiger partial charge in [0.2, 0.25) is 0 Å². The molecule has 0 rings (SSSR count). The highest BCUT2D eigenvalue weighted by Crippen LogP contribution is 2.13. The third-order valence-electron chi connectivity index (χ3n) is 2.31. The number of aliphatic carboxylic acids is 1. The maximum atomic E-state index is 11.5. The molecule has 0 aliphatic heterocycles. The fourth-order valence-electron chi connectivity index (χ4n) is 1.36. The molecule has 3 nitrogen and oxygen atoms in total. The van der Waals surface area contributed by atoms with Crippen molar-refractivity contribution >= 4 is 11.8 Å². The van der Waals surface area contributed by atoms with Gasteiger partial charge in [-0.2, -0.15) is 0 Å². The van der Waals surface area contributed by atoms with Crippen LogP contribution in [0.4, 0.5) is 0 Å². The first-order chi connectivity index (χ1) is 6.63. The van der Waals surface area contributed by atoms with E-state index >= 15 is 0 Å². The monoisotopic (exact) mass is 200 g/mol. The van der Waals surface area contributed by atoms with Crippen LogP contribution in [-0.4, -0.2) is 16.9 Å². The summed E-state index contributed by atoms with van der Waals surface area (Å²) in [6.07, 6.45) is 4.39. The molecule has 0 saturated heterocycles. The topological polar surface area (TPSA) is 54.4 Å². The number of ketones is 1. The van der Waals surface area contributed by atoms with Gasteiger partial charge in [0.05, 0.1) is 0 Å². The van der Waals surface area contributed by atoms with Gasteiger partial charge in [0.25, 0.3) is 0 Å². The highest BCUT2D eigenvalue weighted by atomic mass is 16.4. The van der Waals surface area contributed by atoms with E-state index in [4.69, 9.17) is 5.11 Å². The second-order valence-electron chi connectivity index (χ2n) is 3.60. The van der Waals surface area contributed by atoms with Crippen LogP contribution in [-0.2, 0) is 9.59 Å². The predicted octanol–water partition coefficient (Wildman–Crippen LogP) is 2.64. The van der Waals surface area contributed by atoms with Crippen molar-refractivity contribution in [2.75, 3.05) is 0 Å². The van der Waals surface area contributed by atoms with E-state index in [0.717, 1.165) is 25.7 Å². The van der Waals surface area contributed by atoms with Crippen molar-refractivity contribution in [3.63, 3.8) is 0 Å². The summed E-state index contributed by atoms with van der Waals surface area (Å²) in [5.74, 6) is -1.83. The van der Waals surface area contributed by atoms with Gasteiger partial charge in [-0.1, -0.05) is 33.1 Å². The Balaban J connectivity index is 4.05. The molecule has 82 valence electrons. The van der Waals surface area contributed by atoms with E-state index in [0.29, 0.717) is 12.8 Å². The Morgan fingerprint density at radius 1 is 1.14 bits per heavy atom. The number of rotatable bonds is 8. The minimum Gasteiger partial charge on any atom is -0.481 e. The molecule has 0 aromatic heterocycles. The zero-order valence-electron chi connectivity index (χ0n) is 9.08. The van der Waals surface area contributed by atoms with Crippen LogP contribution >= 0.6 is 0 Å². The lowest BCUT2D eigenvalue weighted by Gasteiger charge is -2.09. The quantitative estimate of drug-likeness (QED) is 0.613. The number of carboxylic acid groups (broad SMARTS) is 1. The predicted molar refractivity (Wildman–Crippen MR) is 55.2 cm³/mol. The lowest BCUT2D eigenvalue weighted by atomic mass is 9.94. The fourth-order valence-corrected chi connectivity index (χ4v) is 1.36. The van der Waals surface area contributed by atoms with Gasteiger partial charge < -0.3 is 5.11 Å². The first kappa shape index (κ1) is 13.1. The van der Waals surface area contributed by atoms with Crippen molar-refractivity contribution in [2.24, 2.45) is 5.92 Å². The largest absolute Gasteiger partial charge is 0.481 e. The molecule has 0 aromatic rings. The molecule has 0 spiro atoms. The van der Waals surface area contributed by atoms with Crippen molar-refractivity contribution in [1.82, 2.24) is 0 Å². The van der Waals surface area contributed by atoms with Crippen LogP contribution < -0.4 is 0 Å². The Kier molecular flexibility index (Phi) is 7.07. The first-order valence-corrected chi connectivity index (χ1v) is 5.39. The summed E-state index contributed by atoms with van der Waals surface area (Å²) in [6, 6.07) is 0. The minimum absolute atomic E-state index is 0.104. The van der Waals surface area contributed by atoms with Gasteiger partial charge in [-0.15, -0.1) is 0 Å². The molecule has 1 unspecified atom stereocenters. The number of carbonyl (C=O) groups is 2. The van der Waals surface area contributed by atoms with Gasteiger partial charge in [-0.05, 0) is 12.8 Å².